The van der Waals surface area contributed by atoms with E-state index in [-0.39, 0.29) is 18.3 Å². The second-order valence-electron chi connectivity index (χ2n) is 6.33. The molecule has 0 aliphatic carbocycles. The minimum atomic E-state index is -0.392. The second-order valence-corrected chi connectivity index (χ2v) is 6.33. The van der Waals surface area contributed by atoms with Gasteiger partial charge in [0, 0.05) is 13.7 Å². The lowest BCUT2D eigenvalue weighted by molar-refractivity contribution is -0.136. The smallest absolute Gasteiger partial charge is 0.228 e. The molecule has 5 heteroatoms. The van der Waals surface area contributed by atoms with E-state index in [0.29, 0.717) is 13.2 Å². The van der Waals surface area contributed by atoms with Gasteiger partial charge < -0.3 is 15.4 Å². The number of halogens is 1. The third kappa shape index (κ3) is 4.07. The average Bonchev–Trinajstić information content (AvgIpc) is 2.60. The Morgan fingerprint density at radius 2 is 1.88 bits per heavy atom. The van der Waals surface area contributed by atoms with Gasteiger partial charge in [-0.1, -0.05) is 36.4 Å². The molecule has 1 aliphatic heterocycles. The van der Waals surface area contributed by atoms with Crippen molar-refractivity contribution >= 4 is 29.1 Å². The number of fused-ring (bicyclic) bond motifs is 1. The van der Waals surface area contributed by atoms with E-state index in [1.54, 1.807) is 7.11 Å². The summed E-state index contributed by atoms with van der Waals surface area (Å²) in [7, 11) is 1.67. The molecular weight excluding hydrogens is 324 g/mol. The Bertz CT molecular complexity index is 678. The molecule has 130 valence electrons. The number of methoxy groups -OCH3 is 1. The second kappa shape index (κ2) is 8.47. The Balaban J connectivity index is 0.00000208. The average molecular weight is 349 g/mol. The van der Waals surface area contributed by atoms with Crippen LogP contribution >= 0.6 is 12.4 Å². The molecule has 1 fully saturated rings. The van der Waals surface area contributed by atoms with Crippen LogP contribution in [0.5, 0.6) is 0 Å². The van der Waals surface area contributed by atoms with Crippen molar-refractivity contribution in [3.8, 4) is 0 Å². The summed E-state index contributed by atoms with van der Waals surface area (Å²) >= 11 is 0. The summed E-state index contributed by atoms with van der Waals surface area (Å²) in [6.07, 6.45) is 1.65. The van der Waals surface area contributed by atoms with Crippen molar-refractivity contribution in [2.24, 2.45) is 5.41 Å². The minimum Gasteiger partial charge on any atom is -0.384 e. The normalized spacial score (nSPS) is 16.4. The zero-order chi connectivity index (χ0) is 16.1. The molecule has 0 saturated carbocycles. The first-order chi connectivity index (χ1) is 11.2. The summed E-state index contributed by atoms with van der Waals surface area (Å²) < 4.78 is 5.33. The van der Waals surface area contributed by atoms with Crippen molar-refractivity contribution in [3.05, 3.63) is 48.0 Å². The zero-order valence-electron chi connectivity index (χ0n) is 14.0. The molecule has 1 amide bonds. The molecule has 3 rings (SSSR count). The predicted molar refractivity (Wildman–Crippen MR) is 99.5 cm³/mol. The number of nitrogens with one attached hydrogen (secondary N) is 2. The van der Waals surface area contributed by atoms with Gasteiger partial charge in [0.25, 0.3) is 0 Å². The van der Waals surface area contributed by atoms with Gasteiger partial charge in [-0.3, -0.25) is 4.79 Å². The maximum atomic E-state index is 12.7. The topological polar surface area (TPSA) is 50.4 Å². The van der Waals surface area contributed by atoms with Crippen LogP contribution in [-0.2, 0) is 16.1 Å². The van der Waals surface area contributed by atoms with Crippen LogP contribution in [-0.4, -0.2) is 32.7 Å². The number of ether oxygens (including phenoxy) is 1. The van der Waals surface area contributed by atoms with Crippen LogP contribution in [0.1, 0.15) is 18.4 Å². The standard InChI is InChI=1S/C19H24N2O2.ClH/c1-23-14-19(8-10-20-11-9-19)18(22)21-13-15-6-7-16-4-2-3-5-17(16)12-15;/h2-7,12,20H,8-11,13-14H2,1H3,(H,21,22);1H. The zero-order valence-corrected chi connectivity index (χ0v) is 14.8. The first kappa shape index (κ1) is 18.7. The van der Waals surface area contributed by atoms with Crippen molar-refractivity contribution in [1.82, 2.24) is 10.6 Å². The van der Waals surface area contributed by atoms with Gasteiger partial charge in [0.1, 0.15) is 0 Å². The summed E-state index contributed by atoms with van der Waals surface area (Å²) in [4.78, 5) is 12.7. The summed E-state index contributed by atoms with van der Waals surface area (Å²) in [5, 5.41) is 8.84. The van der Waals surface area contributed by atoms with Crippen molar-refractivity contribution in [3.63, 3.8) is 0 Å². The number of amides is 1. The minimum absolute atomic E-state index is 0. The highest BCUT2D eigenvalue weighted by atomic mass is 35.5. The maximum absolute atomic E-state index is 12.7. The molecule has 0 bridgehead atoms. The quantitative estimate of drug-likeness (QED) is 0.873. The van der Waals surface area contributed by atoms with Crippen LogP contribution in [0, 0.1) is 5.41 Å². The predicted octanol–water partition coefficient (Wildman–Crippen LogP) is 2.89. The van der Waals surface area contributed by atoms with Gasteiger partial charge in [-0.15, -0.1) is 12.4 Å². The van der Waals surface area contributed by atoms with Crippen LogP contribution < -0.4 is 10.6 Å². The van der Waals surface area contributed by atoms with Crippen molar-refractivity contribution < 1.29 is 9.53 Å². The van der Waals surface area contributed by atoms with Crippen molar-refractivity contribution in [2.45, 2.75) is 19.4 Å². The molecule has 2 aromatic carbocycles. The van der Waals surface area contributed by atoms with Gasteiger partial charge in [0.15, 0.2) is 0 Å². The molecule has 2 N–H and O–H groups in total. The Hall–Kier alpha value is -1.62. The SMILES string of the molecule is COCC1(C(=O)NCc2ccc3ccccc3c2)CCNCC1.Cl. The molecule has 2 aromatic rings. The Labute approximate surface area is 149 Å². The van der Waals surface area contributed by atoms with Gasteiger partial charge in [-0.25, -0.2) is 0 Å². The van der Waals surface area contributed by atoms with E-state index >= 15 is 0 Å². The van der Waals surface area contributed by atoms with Gasteiger partial charge >= 0.3 is 0 Å². The molecule has 4 nitrogen and oxygen atoms in total. The summed E-state index contributed by atoms with van der Waals surface area (Å²) in [5.74, 6) is 0.106. The molecule has 0 atom stereocenters. The third-order valence-electron chi connectivity index (χ3n) is 4.73. The van der Waals surface area contributed by atoms with Crippen molar-refractivity contribution in [1.29, 1.82) is 0 Å². The summed E-state index contributed by atoms with van der Waals surface area (Å²) in [5.41, 5.74) is 0.732. The molecule has 0 unspecified atom stereocenters. The molecule has 0 aromatic heterocycles. The fourth-order valence-corrected chi connectivity index (χ4v) is 3.34. The number of carbonyl (C=O) groups is 1. The monoisotopic (exact) mass is 348 g/mol. The molecule has 24 heavy (non-hydrogen) atoms. The largest absolute Gasteiger partial charge is 0.384 e. The molecule has 1 saturated heterocycles. The van der Waals surface area contributed by atoms with E-state index in [4.69, 9.17) is 4.74 Å². The van der Waals surface area contributed by atoms with Gasteiger partial charge in [0.05, 0.1) is 12.0 Å². The number of rotatable bonds is 5. The van der Waals surface area contributed by atoms with E-state index in [9.17, 15) is 4.79 Å². The van der Waals surface area contributed by atoms with Crippen LogP contribution in [0.4, 0.5) is 0 Å². The number of piperidine rings is 1. The highest BCUT2D eigenvalue weighted by Crippen LogP contribution is 2.29. The van der Waals surface area contributed by atoms with E-state index in [1.807, 2.05) is 12.1 Å². The lowest BCUT2D eigenvalue weighted by Gasteiger charge is -2.35. The first-order valence-corrected chi connectivity index (χ1v) is 8.19. The number of hydrogen-bond donors (Lipinski definition) is 2. The molecule has 0 radical (unpaired) electrons. The lowest BCUT2D eigenvalue weighted by atomic mass is 9.78. The number of carbonyl (C=O) groups excluding carboxylic acids is 1. The Morgan fingerprint density at radius 3 is 2.58 bits per heavy atom. The van der Waals surface area contributed by atoms with Gasteiger partial charge in [-0.05, 0) is 48.3 Å². The molecule has 1 heterocycles. The molecular formula is C19H25ClN2O2. The number of hydrogen-bond acceptors (Lipinski definition) is 3. The first-order valence-electron chi connectivity index (χ1n) is 8.19. The Morgan fingerprint density at radius 1 is 1.17 bits per heavy atom. The fraction of sp³-hybridized carbons (Fsp3) is 0.421. The summed E-state index contributed by atoms with van der Waals surface area (Å²) in [6, 6.07) is 14.6. The van der Waals surface area contributed by atoms with Crippen LogP contribution in [0.2, 0.25) is 0 Å². The highest BCUT2D eigenvalue weighted by molar-refractivity contribution is 5.85. The van der Waals surface area contributed by atoms with E-state index < -0.39 is 5.41 Å². The third-order valence-corrected chi connectivity index (χ3v) is 4.73. The van der Waals surface area contributed by atoms with Gasteiger partial charge in [-0.2, -0.15) is 0 Å². The molecule has 1 aliphatic rings. The van der Waals surface area contributed by atoms with Crippen LogP contribution in [0.15, 0.2) is 42.5 Å². The van der Waals surface area contributed by atoms with E-state index in [2.05, 4.69) is 41.0 Å². The van der Waals surface area contributed by atoms with Crippen LogP contribution in [0.3, 0.4) is 0 Å². The fourth-order valence-electron chi connectivity index (χ4n) is 3.34. The lowest BCUT2D eigenvalue weighted by Crippen LogP contribution is -2.49. The van der Waals surface area contributed by atoms with E-state index in [0.717, 1.165) is 31.5 Å². The number of benzene rings is 2. The van der Waals surface area contributed by atoms with Crippen molar-refractivity contribution in [2.75, 3.05) is 26.8 Å². The van der Waals surface area contributed by atoms with Crippen LogP contribution in [0.25, 0.3) is 10.8 Å². The van der Waals surface area contributed by atoms with E-state index in [1.165, 1.54) is 10.8 Å². The summed E-state index contributed by atoms with van der Waals surface area (Å²) in [6.45, 7) is 2.78. The van der Waals surface area contributed by atoms with Gasteiger partial charge in [0.2, 0.25) is 5.91 Å². The Kier molecular flexibility index (Phi) is 6.60. The highest BCUT2D eigenvalue weighted by Gasteiger charge is 2.39. The molecule has 0 spiro atoms. The maximum Gasteiger partial charge on any atom is 0.228 e.